The minimum Gasteiger partial charge on any atom is -0.364 e. The summed E-state index contributed by atoms with van der Waals surface area (Å²) in [6.45, 7) is 6.40. The molecule has 1 aromatic rings. The van der Waals surface area contributed by atoms with E-state index >= 15 is 0 Å². The first-order valence-corrected chi connectivity index (χ1v) is 5.56. The van der Waals surface area contributed by atoms with Crippen molar-refractivity contribution in [1.82, 2.24) is 9.97 Å². The molecule has 0 spiro atoms. The van der Waals surface area contributed by atoms with Crippen LogP contribution in [0.3, 0.4) is 0 Å². The van der Waals surface area contributed by atoms with Gasteiger partial charge < -0.3 is 10.6 Å². The Balaban J connectivity index is 3.08. The maximum absolute atomic E-state index is 11.0. The van der Waals surface area contributed by atoms with E-state index in [1.54, 1.807) is 0 Å². The molecule has 1 rings (SSSR count). The molecule has 7 heteroatoms. The average Bonchev–Trinajstić information content (AvgIpc) is 2.25. The lowest BCUT2D eigenvalue weighted by atomic mass is 10.3. The summed E-state index contributed by atoms with van der Waals surface area (Å²) in [5.74, 6) is 0.508. The second kappa shape index (κ2) is 5.97. The van der Waals surface area contributed by atoms with E-state index in [2.05, 4.69) is 20.6 Å². The van der Waals surface area contributed by atoms with Gasteiger partial charge in [-0.25, -0.2) is 9.97 Å². The van der Waals surface area contributed by atoms with Crippen LogP contribution >= 0.6 is 0 Å². The van der Waals surface area contributed by atoms with Gasteiger partial charge >= 0.3 is 5.69 Å². The van der Waals surface area contributed by atoms with Gasteiger partial charge in [-0.3, -0.25) is 10.1 Å². The Labute approximate surface area is 99.8 Å². The number of hydrogen-bond acceptors (Lipinski definition) is 6. The number of nitrogens with zero attached hydrogens (tertiary/aromatic N) is 3. The quantitative estimate of drug-likeness (QED) is 0.582. The second-order valence-electron chi connectivity index (χ2n) is 3.90. The van der Waals surface area contributed by atoms with Gasteiger partial charge in [0.1, 0.15) is 6.33 Å². The smallest absolute Gasteiger partial charge is 0.353 e. The van der Waals surface area contributed by atoms with Crippen molar-refractivity contribution < 1.29 is 4.92 Å². The minimum absolute atomic E-state index is 0.0719. The number of anilines is 2. The zero-order valence-corrected chi connectivity index (χ0v) is 10.2. The Morgan fingerprint density at radius 1 is 1.41 bits per heavy atom. The van der Waals surface area contributed by atoms with Gasteiger partial charge in [0, 0.05) is 12.6 Å². The van der Waals surface area contributed by atoms with Crippen molar-refractivity contribution in [2.75, 3.05) is 17.2 Å². The van der Waals surface area contributed by atoms with Gasteiger partial charge in [-0.2, -0.15) is 0 Å². The standard InChI is InChI=1S/C10H17N5O2/c1-4-5-11-9-8(15(16)17)10(13-6-12-9)14-7(2)3/h6-7H,4-5H2,1-3H3,(H2,11,12,13,14). The van der Waals surface area contributed by atoms with Gasteiger partial charge in [0.25, 0.3) is 0 Å². The molecule has 0 saturated carbocycles. The SMILES string of the molecule is CCCNc1ncnc(NC(C)C)c1[N+](=O)[O-]. The van der Waals surface area contributed by atoms with Gasteiger partial charge in [-0.1, -0.05) is 6.92 Å². The van der Waals surface area contributed by atoms with Crippen LogP contribution in [-0.2, 0) is 0 Å². The highest BCUT2D eigenvalue weighted by molar-refractivity contribution is 5.69. The van der Waals surface area contributed by atoms with Gasteiger partial charge in [0.15, 0.2) is 0 Å². The molecule has 2 N–H and O–H groups in total. The molecule has 0 aliphatic carbocycles. The van der Waals surface area contributed by atoms with Crippen molar-refractivity contribution in [2.24, 2.45) is 0 Å². The molecule has 0 aliphatic heterocycles. The van der Waals surface area contributed by atoms with Crippen molar-refractivity contribution in [3.8, 4) is 0 Å². The van der Waals surface area contributed by atoms with E-state index in [-0.39, 0.29) is 23.4 Å². The summed E-state index contributed by atoms with van der Waals surface area (Å²) < 4.78 is 0. The molecule has 0 radical (unpaired) electrons. The predicted octanol–water partition coefficient (Wildman–Crippen LogP) is 2.03. The Morgan fingerprint density at radius 2 is 2.06 bits per heavy atom. The Morgan fingerprint density at radius 3 is 2.59 bits per heavy atom. The van der Waals surface area contributed by atoms with Crippen molar-refractivity contribution in [3.63, 3.8) is 0 Å². The first-order chi connectivity index (χ1) is 8.06. The van der Waals surface area contributed by atoms with Crippen LogP contribution in [0.1, 0.15) is 27.2 Å². The highest BCUT2D eigenvalue weighted by Crippen LogP contribution is 2.28. The topological polar surface area (TPSA) is 93.0 Å². The van der Waals surface area contributed by atoms with E-state index in [9.17, 15) is 10.1 Å². The van der Waals surface area contributed by atoms with E-state index in [4.69, 9.17) is 0 Å². The highest BCUT2D eigenvalue weighted by Gasteiger charge is 2.22. The Kier molecular flexibility index (Phi) is 4.62. The second-order valence-corrected chi connectivity index (χ2v) is 3.90. The lowest BCUT2D eigenvalue weighted by Crippen LogP contribution is -2.15. The number of hydrogen-bond donors (Lipinski definition) is 2. The number of rotatable bonds is 6. The Hall–Kier alpha value is -1.92. The third-order valence-corrected chi connectivity index (χ3v) is 1.97. The molecule has 0 aliphatic rings. The predicted molar refractivity (Wildman–Crippen MR) is 66.2 cm³/mol. The van der Waals surface area contributed by atoms with Crippen LogP contribution in [0, 0.1) is 10.1 Å². The molecule has 94 valence electrons. The summed E-state index contributed by atoms with van der Waals surface area (Å²) in [6, 6.07) is 0.0719. The van der Waals surface area contributed by atoms with Gasteiger partial charge in [-0.05, 0) is 20.3 Å². The number of aromatic nitrogens is 2. The maximum Gasteiger partial charge on any atom is 0.353 e. The first kappa shape index (κ1) is 13.1. The van der Waals surface area contributed by atoms with Crippen LogP contribution in [0.4, 0.5) is 17.3 Å². The number of nitrogens with one attached hydrogen (secondary N) is 2. The molecule has 0 aromatic carbocycles. The van der Waals surface area contributed by atoms with E-state index < -0.39 is 4.92 Å². The summed E-state index contributed by atoms with van der Waals surface area (Å²) >= 11 is 0. The molecule has 0 unspecified atom stereocenters. The number of nitro groups is 1. The Bertz CT molecular complexity index is 394. The van der Waals surface area contributed by atoms with Crippen molar-refractivity contribution in [1.29, 1.82) is 0 Å². The van der Waals surface area contributed by atoms with Crippen LogP contribution in [0.2, 0.25) is 0 Å². The average molecular weight is 239 g/mol. The maximum atomic E-state index is 11.0. The molecule has 0 fully saturated rings. The monoisotopic (exact) mass is 239 g/mol. The van der Waals surface area contributed by atoms with Crippen LogP contribution in [-0.4, -0.2) is 27.5 Å². The molecule has 0 saturated heterocycles. The van der Waals surface area contributed by atoms with E-state index in [0.717, 1.165) is 6.42 Å². The third kappa shape index (κ3) is 3.54. The van der Waals surface area contributed by atoms with E-state index in [1.165, 1.54) is 6.33 Å². The largest absolute Gasteiger partial charge is 0.364 e. The molecule has 7 nitrogen and oxygen atoms in total. The minimum atomic E-state index is -0.470. The fourth-order valence-corrected chi connectivity index (χ4v) is 1.30. The normalized spacial score (nSPS) is 10.4. The molecule has 1 aromatic heterocycles. The molecule has 17 heavy (non-hydrogen) atoms. The van der Waals surface area contributed by atoms with Crippen LogP contribution < -0.4 is 10.6 Å². The van der Waals surface area contributed by atoms with Gasteiger partial charge in [0.2, 0.25) is 11.6 Å². The fraction of sp³-hybridized carbons (Fsp3) is 0.600. The molecule has 0 atom stereocenters. The zero-order chi connectivity index (χ0) is 12.8. The van der Waals surface area contributed by atoms with Gasteiger partial charge in [-0.15, -0.1) is 0 Å². The highest BCUT2D eigenvalue weighted by atomic mass is 16.6. The molecule has 0 bridgehead atoms. The van der Waals surface area contributed by atoms with Crippen LogP contribution in [0.5, 0.6) is 0 Å². The summed E-state index contributed by atoms with van der Waals surface area (Å²) in [7, 11) is 0. The summed E-state index contributed by atoms with van der Waals surface area (Å²) in [5, 5.41) is 16.9. The van der Waals surface area contributed by atoms with E-state index in [0.29, 0.717) is 6.54 Å². The lowest BCUT2D eigenvalue weighted by molar-refractivity contribution is -0.383. The fourth-order valence-electron chi connectivity index (χ4n) is 1.30. The molecular weight excluding hydrogens is 222 g/mol. The third-order valence-electron chi connectivity index (χ3n) is 1.97. The van der Waals surface area contributed by atoms with Crippen molar-refractivity contribution >= 4 is 17.3 Å². The van der Waals surface area contributed by atoms with Crippen molar-refractivity contribution in [2.45, 2.75) is 33.2 Å². The summed E-state index contributed by atoms with van der Waals surface area (Å²) in [6.07, 6.45) is 2.18. The van der Waals surface area contributed by atoms with E-state index in [1.807, 2.05) is 20.8 Å². The zero-order valence-electron chi connectivity index (χ0n) is 10.2. The van der Waals surface area contributed by atoms with Crippen LogP contribution in [0.15, 0.2) is 6.33 Å². The van der Waals surface area contributed by atoms with Crippen molar-refractivity contribution in [3.05, 3.63) is 16.4 Å². The van der Waals surface area contributed by atoms with Crippen LogP contribution in [0.25, 0.3) is 0 Å². The molecular formula is C10H17N5O2. The van der Waals surface area contributed by atoms with Gasteiger partial charge in [0.05, 0.1) is 4.92 Å². The summed E-state index contributed by atoms with van der Waals surface area (Å²) in [4.78, 5) is 18.4. The lowest BCUT2D eigenvalue weighted by Gasteiger charge is -2.11. The molecule has 0 amide bonds. The first-order valence-electron chi connectivity index (χ1n) is 5.56. The molecule has 1 heterocycles. The summed E-state index contributed by atoms with van der Waals surface area (Å²) in [5.41, 5.74) is -0.102.